The van der Waals surface area contributed by atoms with Crippen molar-refractivity contribution in [3.05, 3.63) is 401 Å². The molecule has 20 aromatic rings. The van der Waals surface area contributed by atoms with Gasteiger partial charge in [0.25, 0.3) is 0 Å². The molecule has 0 saturated heterocycles. The Hall–Kier alpha value is -16.3. The molecule has 0 atom stereocenters. The summed E-state index contributed by atoms with van der Waals surface area (Å²) in [6, 6.07) is 120. The lowest BCUT2D eigenvalue weighted by Crippen LogP contribution is -1.98. The van der Waals surface area contributed by atoms with Crippen molar-refractivity contribution in [1.82, 2.24) is 69.8 Å². The predicted octanol–water partition coefficient (Wildman–Crippen LogP) is 24.4. The van der Waals surface area contributed by atoms with E-state index in [0.717, 1.165) is 214 Å². The second-order valence-corrected chi connectivity index (χ2v) is 28.5. The third-order valence-corrected chi connectivity index (χ3v) is 21.0. The molecule has 0 N–H and O–H groups in total. The molecule has 20 rings (SSSR count). The minimum absolute atomic E-state index is 0.728. The Balaban J connectivity index is 0.706. The first-order chi connectivity index (χ1) is 58.4. The van der Waals surface area contributed by atoms with Crippen LogP contribution in [0.4, 0.5) is 0 Å². The molecule has 13 aromatic heterocycles. The first kappa shape index (κ1) is 70.8. The number of aromatic nitrogens is 14. The molecule has 14 nitrogen and oxygen atoms in total. The highest BCUT2D eigenvalue weighted by Gasteiger charge is 2.22. The molecule has 13 heterocycles. The van der Waals surface area contributed by atoms with Crippen molar-refractivity contribution in [3.63, 3.8) is 0 Å². The third kappa shape index (κ3) is 14.8. The van der Waals surface area contributed by atoms with Crippen LogP contribution in [0.1, 0.15) is 0 Å². The van der Waals surface area contributed by atoms with Crippen LogP contribution >= 0.6 is 0 Å². The molecule has 0 unspecified atom stereocenters. The minimum atomic E-state index is 0.728. The second kappa shape index (κ2) is 31.7. The van der Waals surface area contributed by atoms with Crippen LogP contribution < -0.4 is 0 Å². The number of benzene rings is 7. The SMILES string of the molecule is c1ccc(-c2cc(-c3ccc(-c4ccc(-c5nc6cc(-c7ccc(-c8cc(-c9ccccn9)nc(-c9ccccn9)c8)cc7)c(-c7ccc(-c8cc(-c9ccccn9)nc(-c9ccccn9)c8)cc7)cc6nc5-c5ccc(-c6ccc(-c7cc(-c8ccccn8)nc(-c8ccccn8)c7)cc6)cc5)cc4)cc3)cc(-c3ccccn3)n2)nc1. The summed E-state index contributed by atoms with van der Waals surface area (Å²) in [6.45, 7) is 0. The van der Waals surface area contributed by atoms with Crippen LogP contribution in [0.15, 0.2) is 401 Å². The van der Waals surface area contributed by atoms with Crippen LogP contribution in [0.3, 0.4) is 0 Å². The zero-order chi connectivity index (χ0) is 78.5. The van der Waals surface area contributed by atoms with Crippen molar-refractivity contribution in [3.8, 4) is 203 Å². The lowest BCUT2D eigenvalue weighted by molar-refractivity contribution is 1.22. The van der Waals surface area contributed by atoms with E-state index in [1.54, 1.807) is 49.6 Å². The van der Waals surface area contributed by atoms with Crippen molar-refractivity contribution in [2.75, 3.05) is 0 Å². The number of nitrogens with zero attached hydrogens (tertiary/aromatic N) is 14. The van der Waals surface area contributed by atoms with E-state index in [1.165, 1.54) is 0 Å². The van der Waals surface area contributed by atoms with E-state index in [0.29, 0.717) is 0 Å². The van der Waals surface area contributed by atoms with Crippen molar-refractivity contribution in [2.45, 2.75) is 0 Å². The molecule has 0 amide bonds. The lowest BCUT2D eigenvalue weighted by Gasteiger charge is -2.16. The summed E-state index contributed by atoms with van der Waals surface area (Å²) in [5.74, 6) is 0. The number of pyridine rings is 12. The molecular weight excluding hydrogens is 1450 g/mol. The van der Waals surface area contributed by atoms with E-state index in [4.69, 9.17) is 49.8 Å². The maximum Gasteiger partial charge on any atom is 0.0973 e. The van der Waals surface area contributed by atoms with Crippen LogP contribution in [-0.4, -0.2) is 69.8 Å². The standard InChI is InChI=1S/C104H66N14/c1-9-49-105-85(17-1)93-57-79(58-94(113-93)86-18-2-10-50-106-86)71-29-25-67(26-30-71)69-37-45-77(46-38-69)103-104(78-47-39-70(40-48-78)68-27-31-72(32-28-68)80-59-95(87-19-3-11-51-107-87)114-96(60-80)88-20-4-12-52-108-88)118-102-66-84(76-43-35-74(36-44-76)82-63-99(91-23-7-15-55-111-91)116-100(64-82)92-24-8-16-56-112-92)83(65-101(102)117-103)75-41-33-73(34-42-75)81-61-97(89-21-5-13-53-109-89)115-98(62-81)90-22-6-14-54-110-90/h1-66H. The van der Waals surface area contributed by atoms with Crippen LogP contribution in [0.5, 0.6) is 0 Å². The van der Waals surface area contributed by atoms with Crippen molar-refractivity contribution >= 4 is 11.0 Å². The van der Waals surface area contributed by atoms with Gasteiger partial charge in [-0.1, -0.05) is 194 Å². The first-order valence-corrected chi connectivity index (χ1v) is 38.8. The monoisotopic (exact) mass is 1510 g/mol. The van der Waals surface area contributed by atoms with Gasteiger partial charge in [0, 0.05) is 60.7 Å². The lowest BCUT2D eigenvalue weighted by atomic mass is 9.91. The second-order valence-electron chi connectivity index (χ2n) is 28.5. The number of fused-ring (bicyclic) bond motifs is 1. The highest BCUT2D eigenvalue weighted by Crippen LogP contribution is 2.43. The average Bonchev–Trinajstić information content (AvgIpc) is 0.756. The van der Waals surface area contributed by atoms with Gasteiger partial charge in [-0.2, -0.15) is 0 Å². The van der Waals surface area contributed by atoms with Crippen LogP contribution in [-0.2, 0) is 0 Å². The fourth-order valence-corrected chi connectivity index (χ4v) is 15.0. The van der Waals surface area contributed by atoms with Gasteiger partial charge >= 0.3 is 0 Å². The smallest absolute Gasteiger partial charge is 0.0973 e. The number of hydrogen-bond donors (Lipinski definition) is 0. The van der Waals surface area contributed by atoms with Crippen molar-refractivity contribution in [2.24, 2.45) is 0 Å². The summed E-state index contributed by atoms with van der Waals surface area (Å²) in [5, 5.41) is 0. The van der Waals surface area contributed by atoms with Crippen molar-refractivity contribution < 1.29 is 0 Å². The molecule has 7 aromatic carbocycles. The van der Waals surface area contributed by atoms with Gasteiger partial charge in [-0.05, 0) is 247 Å². The molecule has 0 saturated carbocycles. The molecule has 0 aliphatic carbocycles. The summed E-state index contributed by atoms with van der Waals surface area (Å²) < 4.78 is 0. The number of hydrogen-bond acceptors (Lipinski definition) is 14. The van der Waals surface area contributed by atoms with Crippen LogP contribution in [0.2, 0.25) is 0 Å². The number of rotatable bonds is 18. The quantitative estimate of drug-likeness (QED) is 0.0791. The Morgan fingerprint density at radius 3 is 0.449 bits per heavy atom. The fourth-order valence-electron chi connectivity index (χ4n) is 15.0. The van der Waals surface area contributed by atoms with Gasteiger partial charge < -0.3 is 0 Å². The maximum atomic E-state index is 5.76. The van der Waals surface area contributed by atoms with Crippen molar-refractivity contribution in [1.29, 1.82) is 0 Å². The molecule has 0 bridgehead atoms. The molecule has 118 heavy (non-hydrogen) atoms. The third-order valence-electron chi connectivity index (χ3n) is 21.0. The van der Waals surface area contributed by atoms with Gasteiger partial charge in [-0.25, -0.2) is 29.9 Å². The Labute approximate surface area is 680 Å². The van der Waals surface area contributed by atoms with E-state index in [1.807, 2.05) is 146 Å². The molecule has 14 heteroatoms. The van der Waals surface area contributed by atoms with Gasteiger partial charge in [0.05, 0.1) is 114 Å². The van der Waals surface area contributed by atoms with Crippen LogP contribution in [0.25, 0.3) is 214 Å². The van der Waals surface area contributed by atoms with E-state index in [9.17, 15) is 0 Å². The van der Waals surface area contributed by atoms with Crippen LogP contribution in [0, 0.1) is 0 Å². The highest BCUT2D eigenvalue weighted by molar-refractivity contribution is 5.97. The summed E-state index contributed by atoms with van der Waals surface area (Å²) in [6.07, 6.45) is 14.4. The normalized spacial score (nSPS) is 11.2. The summed E-state index contributed by atoms with van der Waals surface area (Å²) in [7, 11) is 0. The Kier molecular flexibility index (Phi) is 19.0. The predicted molar refractivity (Wildman–Crippen MR) is 471 cm³/mol. The highest BCUT2D eigenvalue weighted by atomic mass is 14.9. The largest absolute Gasteiger partial charge is 0.255 e. The molecule has 0 aliphatic heterocycles. The maximum absolute atomic E-state index is 5.76. The molecule has 0 spiro atoms. The molecular formula is C104H66N14. The minimum Gasteiger partial charge on any atom is -0.255 e. The molecule has 552 valence electrons. The Bertz CT molecular complexity index is 6330. The van der Waals surface area contributed by atoms with Gasteiger partial charge in [-0.15, -0.1) is 0 Å². The Morgan fingerprint density at radius 2 is 0.280 bits per heavy atom. The average molecular weight is 1510 g/mol. The fraction of sp³-hybridized carbons (Fsp3) is 0. The molecule has 0 aliphatic rings. The van der Waals surface area contributed by atoms with E-state index >= 15 is 0 Å². The topological polar surface area (TPSA) is 180 Å². The van der Waals surface area contributed by atoms with Gasteiger partial charge in [0.2, 0.25) is 0 Å². The van der Waals surface area contributed by atoms with Gasteiger partial charge in [-0.3, -0.25) is 39.9 Å². The molecule has 0 fully saturated rings. The molecule has 0 radical (unpaired) electrons. The summed E-state index contributed by atoms with van der Waals surface area (Å²) in [5.41, 5.74) is 33.2. The summed E-state index contributed by atoms with van der Waals surface area (Å²) >= 11 is 0. The van der Waals surface area contributed by atoms with Gasteiger partial charge in [0.15, 0.2) is 0 Å². The zero-order valence-corrected chi connectivity index (χ0v) is 63.4. The van der Waals surface area contributed by atoms with E-state index in [-0.39, 0.29) is 0 Å². The van der Waals surface area contributed by atoms with E-state index < -0.39 is 0 Å². The van der Waals surface area contributed by atoms with Gasteiger partial charge in [0.1, 0.15) is 0 Å². The first-order valence-electron chi connectivity index (χ1n) is 38.8. The van der Waals surface area contributed by atoms with E-state index in [2.05, 4.69) is 226 Å². The Morgan fingerprint density at radius 1 is 0.119 bits per heavy atom. The zero-order valence-electron chi connectivity index (χ0n) is 63.4. The summed E-state index contributed by atoms with van der Waals surface area (Å²) in [4.78, 5) is 69.3.